The molecule has 2 aromatic rings. The SMILES string of the molecule is N#Cc1cc(Oc2cc(N)ccc2Br)ccc1C(F)(F)F. The van der Waals surface area contributed by atoms with Gasteiger partial charge in [0, 0.05) is 11.8 Å². The molecule has 2 rings (SSSR count). The van der Waals surface area contributed by atoms with Crippen molar-refractivity contribution in [3.63, 3.8) is 0 Å². The number of anilines is 1. The van der Waals surface area contributed by atoms with Crippen LogP contribution in [0.5, 0.6) is 11.5 Å². The van der Waals surface area contributed by atoms with Crippen LogP contribution in [0.4, 0.5) is 18.9 Å². The van der Waals surface area contributed by atoms with Gasteiger partial charge in [-0.15, -0.1) is 0 Å². The van der Waals surface area contributed by atoms with Crippen molar-refractivity contribution in [3.8, 4) is 17.6 Å². The molecule has 0 amide bonds. The van der Waals surface area contributed by atoms with Crippen LogP contribution < -0.4 is 10.5 Å². The smallest absolute Gasteiger partial charge is 0.417 e. The highest BCUT2D eigenvalue weighted by atomic mass is 79.9. The number of hydrogen-bond acceptors (Lipinski definition) is 3. The fourth-order valence-electron chi connectivity index (χ4n) is 1.65. The number of nitrogens with two attached hydrogens (primary N) is 1. The first-order valence-electron chi connectivity index (χ1n) is 5.65. The Hall–Kier alpha value is -2.20. The predicted octanol–water partition coefficient (Wildman–Crippen LogP) is 4.71. The van der Waals surface area contributed by atoms with E-state index in [-0.39, 0.29) is 5.75 Å². The van der Waals surface area contributed by atoms with Gasteiger partial charge in [-0.25, -0.2) is 0 Å². The maximum absolute atomic E-state index is 12.7. The predicted molar refractivity (Wildman–Crippen MR) is 74.8 cm³/mol. The Morgan fingerprint density at radius 2 is 1.86 bits per heavy atom. The molecule has 0 spiro atoms. The number of nitriles is 1. The first kappa shape index (κ1) is 15.2. The summed E-state index contributed by atoms with van der Waals surface area (Å²) < 4.78 is 44.1. The molecule has 0 atom stereocenters. The van der Waals surface area contributed by atoms with E-state index in [0.29, 0.717) is 15.9 Å². The van der Waals surface area contributed by atoms with E-state index in [2.05, 4.69) is 15.9 Å². The number of nitrogen functional groups attached to an aromatic ring is 1. The van der Waals surface area contributed by atoms with Crippen molar-refractivity contribution >= 4 is 21.6 Å². The van der Waals surface area contributed by atoms with E-state index >= 15 is 0 Å². The van der Waals surface area contributed by atoms with E-state index in [9.17, 15) is 13.2 Å². The molecule has 0 radical (unpaired) electrons. The third-order valence-electron chi connectivity index (χ3n) is 2.60. The molecule has 7 heteroatoms. The highest BCUT2D eigenvalue weighted by Gasteiger charge is 2.33. The highest BCUT2D eigenvalue weighted by Crippen LogP contribution is 2.36. The molecule has 0 aliphatic rings. The number of rotatable bonds is 2. The quantitative estimate of drug-likeness (QED) is 0.792. The lowest BCUT2D eigenvalue weighted by Crippen LogP contribution is -2.07. The molecule has 0 aromatic heterocycles. The van der Waals surface area contributed by atoms with Crippen LogP contribution in [0.15, 0.2) is 40.9 Å². The number of alkyl halides is 3. The molecule has 0 saturated heterocycles. The number of benzene rings is 2. The summed E-state index contributed by atoms with van der Waals surface area (Å²) >= 11 is 3.24. The second-order valence-corrected chi connectivity index (χ2v) is 4.96. The molecule has 2 aromatic carbocycles. The summed E-state index contributed by atoms with van der Waals surface area (Å²) in [6.07, 6.45) is -4.58. The van der Waals surface area contributed by atoms with Gasteiger partial charge in [-0.05, 0) is 46.3 Å². The Kier molecular flexibility index (Phi) is 4.09. The summed E-state index contributed by atoms with van der Waals surface area (Å²) in [5, 5.41) is 8.84. The molecule has 0 fully saturated rings. The number of ether oxygens (including phenoxy) is 1. The van der Waals surface area contributed by atoms with Crippen LogP contribution in [0.1, 0.15) is 11.1 Å². The minimum absolute atomic E-state index is 0.117. The van der Waals surface area contributed by atoms with Gasteiger partial charge in [0.2, 0.25) is 0 Å². The van der Waals surface area contributed by atoms with Crippen molar-refractivity contribution in [1.29, 1.82) is 5.26 Å². The average Bonchev–Trinajstić information content (AvgIpc) is 2.41. The molecular weight excluding hydrogens is 349 g/mol. The fourth-order valence-corrected chi connectivity index (χ4v) is 1.98. The van der Waals surface area contributed by atoms with Crippen LogP contribution in [-0.2, 0) is 6.18 Å². The van der Waals surface area contributed by atoms with E-state index in [4.69, 9.17) is 15.7 Å². The van der Waals surface area contributed by atoms with Crippen LogP contribution in [0, 0.1) is 11.3 Å². The molecule has 0 heterocycles. The monoisotopic (exact) mass is 356 g/mol. The summed E-state index contributed by atoms with van der Waals surface area (Å²) in [6, 6.07) is 9.34. The van der Waals surface area contributed by atoms with E-state index in [1.165, 1.54) is 12.1 Å². The molecule has 0 aliphatic heterocycles. The van der Waals surface area contributed by atoms with Crippen LogP contribution in [0.25, 0.3) is 0 Å². The standard InChI is InChI=1S/C14H8BrF3N2O/c15-12-4-1-9(20)6-13(12)21-10-2-3-11(14(16,17)18)8(5-10)7-19/h1-6H,20H2. The van der Waals surface area contributed by atoms with Gasteiger partial charge in [0.25, 0.3) is 0 Å². The second kappa shape index (κ2) is 5.66. The molecule has 0 unspecified atom stereocenters. The minimum Gasteiger partial charge on any atom is -0.456 e. The van der Waals surface area contributed by atoms with Crippen molar-refractivity contribution in [3.05, 3.63) is 52.0 Å². The Bertz CT molecular complexity index is 723. The maximum atomic E-state index is 12.7. The number of halogens is 4. The third-order valence-corrected chi connectivity index (χ3v) is 3.26. The first-order valence-corrected chi connectivity index (χ1v) is 6.45. The summed E-state index contributed by atoms with van der Waals surface area (Å²) in [5.74, 6) is 0.462. The topological polar surface area (TPSA) is 59.0 Å². The second-order valence-electron chi connectivity index (χ2n) is 4.11. The average molecular weight is 357 g/mol. The zero-order chi connectivity index (χ0) is 15.6. The Morgan fingerprint density at radius 1 is 1.14 bits per heavy atom. The van der Waals surface area contributed by atoms with Crippen molar-refractivity contribution in [2.75, 3.05) is 5.73 Å². The molecule has 3 nitrogen and oxygen atoms in total. The van der Waals surface area contributed by atoms with Crippen molar-refractivity contribution in [2.24, 2.45) is 0 Å². The van der Waals surface area contributed by atoms with E-state index in [1.807, 2.05) is 0 Å². The summed E-state index contributed by atoms with van der Waals surface area (Å²) in [4.78, 5) is 0. The van der Waals surface area contributed by atoms with Crippen LogP contribution >= 0.6 is 15.9 Å². The molecule has 0 saturated carbocycles. The van der Waals surface area contributed by atoms with E-state index in [1.54, 1.807) is 12.1 Å². The van der Waals surface area contributed by atoms with Crippen LogP contribution in [0.2, 0.25) is 0 Å². The van der Waals surface area contributed by atoms with Gasteiger partial charge in [-0.2, -0.15) is 18.4 Å². The first-order chi connectivity index (χ1) is 9.81. The van der Waals surface area contributed by atoms with Gasteiger partial charge in [0.15, 0.2) is 0 Å². The van der Waals surface area contributed by atoms with Gasteiger partial charge < -0.3 is 10.5 Å². The molecule has 2 N–H and O–H groups in total. The molecule has 21 heavy (non-hydrogen) atoms. The van der Waals surface area contributed by atoms with Crippen LogP contribution in [-0.4, -0.2) is 0 Å². The Labute approximate surface area is 126 Å². The van der Waals surface area contributed by atoms with Gasteiger partial charge in [0.1, 0.15) is 11.5 Å². The lowest BCUT2D eigenvalue weighted by atomic mass is 10.1. The van der Waals surface area contributed by atoms with Gasteiger partial charge >= 0.3 is 6.18 Å². The lowest BCUT2D eigenvalue weighted by Gasteiger charge is -2.12. The fraction of sp³-hybridized carbons (Fsp3) is 0.0714. The lowest BCUT2D eigenvalue weighted by molar-refractivity contribution is -0.137. The largest absolute Gasteiger partial charge is 0.456 e. The zero-order valence-corrected chi connectivity index (χ0v) is 12.0. The van der Waals surface area contributed by atoms with Crippen molar-refractivity contribution in [2.45, 2.75) is 6.18 Å². The molecule has 0 bridgehead atoms. The van der Waals surface area contributed by atoms with Crippen LogP contribution in [0.3, 0.4) is 0 Å². The van der Waals surface area contributed by atoms with E-state index in [0.717, 1.165) is 18.2 Å². The molecular formula is C14H8BrF3N2O. The molecule has 0 aliphatic carbocycles. The normalized spacial score (nSPS) is 11.0. The highest BCUT2D eigenvalue weighted by molar-refractivity contribution is 9.10. The maximum Gasteiger partial charge on any atom is 0.417 e. The van der Waals surface area contributed by atoms with Gasteiger partial charge in [0.05, 0.1) is 21.7 Å². The Morgan fingerprint density at radius 3 is 2.48 bits per heavy atom. The Balaban J connectivity index is 2.39. The van der Waals surface area contributed by atoms with Gasteiger partial charge in [-0.3, -0.25) is 0 Å². The zero-order valence-electron chi connectivity index (χ0n) is 10.4. The number of hydrogen-bond donors (Lipinski definition) is 1. The van der Waals surface area contributed by atoms with Crippen molar-refractivity contribution < 1.29 is 17.9 Å². The van der Waals surface area contributed by atoms with Gasteiger partial charge in [-0.1, -0.05) is 0 Å². The molecule has 108 valence electrons. The summed E-state index contributed by atoms with van der Waals surface area (Å²) in [5.41, 5.74) is 4.57. The summed E-state index contributed by atoms with van der Waals surface area (Å²) in [6.45, 7) is 0. The number of nitrogens with zero attached hydrogens (tertiary/aromatic N) is 1. The van der Waals surface area contributed by atoms with E-state index < -0.39 is 17.3 Å². The minimum atomic E-state index is -4.58. The summed E-state index contributed by atoms with van der Waals surface area (Å²) in [7, 11) is 0. The third kappa shape index (κ3) is 3.47. The van der Waals surface area contributed by atoms with Crippen molar-refractivity contribution in [1.82, 2.24) is 0 Å².